The highest BCUT2D eigenvalue weighted by molar-refractivity contribution is 5.82. The van der Waals surface area contributed by atoms with E-state index in [0.29, 0.717) is 38.0 Å². The molecule has 3 nitrogen and oxygen atoms in total. The first-order chi connectivity index (χ1) is 13.0. The van der Waals surface area contributed by atoms with E-state index in [-0.39, 0.29) is 11.2 Å². The number of carbonyl (C=O) groups excluding carboxylic acids is 1. The number of halogens is 2. The van der Waals surface area contributed by atoms with Gasteiger partial charge in [0.15, 0.2) is 5.82 Å². The topological polar surface area (TPSA) is 33.2 Å². The molecule has 2 heterocycles. The van der Waals surface area contributed by atoms with Crippen molar-refractivity contribution in [3.63, 3.8) is 0 Å². The van der Waals surface area contributed by atoms with Crippen molar-refractivity contribution in [3.8, 4) is 0 Å². The molecule has 0 amide bonds. The van der Waals surface area contributed by atoms with Gasteiger partial charge in [-0.25, -0.2) is 9.37 Å². The number of nitrogens with zero attached hydrogens (tertiary/aromatic N) is 2. The summed E-state index contributed by atoms with van der Waals surface area (Å²) in [6.07, 6.45) is 1.59. The van der Waals surface area contributed by atoms with Gasteiger partial charge in [-0.15, -0.1) is 0 Å². The van der Waals surface area contributed by atoms with E-state index in [4.69, 9.17) is 0 Å². The number of carbonyl (C=O) groups is 1. The Balaban J connectivity index is 1.81. The molecule has 1 aliphatic heterocycles. The van der Waals surface area contributed by atoms with E-state index in [1.54, 1.807) is 0 Å². The second kappa shape index (κ2) is 7.61. The molecule has 1 aliphatic rings. The molecule has 3 rings (SSSR count). The molecular formula is C23H28F2N2O. The van der Waals surface area contributed by atoms with E-state index in [1.807, 2.05) is 13.8 Å². The summed E-state index contributed by atoms with van der Waals surface area (Å²) in [6, 6.07) is 5.43. The molecule has 0 unspecified atom stereocenters. The van der Waals surface area contributed by atoms with Crippen LogP contribution in [0.25, 0.3) is 0 Å². The Labute approximate surface area is 165 Å². The van der Waals surface area contributed by atoms with Gasteiger partial charge in [0.25, 0.3) is 0 Å². The lowest BCUT2D eigenvalue weighted by atomic mass is 9.86. The normalized spacial score (nSPS) is 14.2. The van der Waals surface area contributed by atoms with Crippen LogP contribution in [-0.2, 0) is 24.2 Å². The van der Waals surface area contributed by atoms with Crippen LogP contribution in [0.3, 0.4) is 0 Å². The Kier molecular flexibility index (Phi) is 5.55. The van der Waals surface area contributed by atoms with Crippen molar-refractivity contribution in [3.05, 3.63) is 57.9 Å². The average Bonchev–Trinajstić information content (AvgIpc) is 2.57. The van der Waals surface area contributed by atoms with Crippen molar-refractivity contribution in [2.24, 2.45) is 5.41 Å². The first-order valence-electron chi connectivity index (χ1n) is 9.74. The van der Waals surface area contributed by atoms with Crippen LogP contribution in [0.5, 0.6) is 0 Å². The number of anilines is 1. The average molecular weight is 386 g/mol. The maximum Gasteiger partial charge on any atom is 0.249 e. The molecule has 0 saturated carbocycles. The highest BCUT2D eigenvalue weighted by Crippen LogP contribution is 2.29. The summed E-state index contributed by atoms with van der Waals surface area (Å²) in [4.78, 5) is 18.3. The molecule has 0 atom stereocenters. The number of hydrogen-bond acceptors (Lipinski definition) is 3. The van der Waals surface area contributed by atoms with Crippen LogP contribution < -0.4 is 4.90 Å². The monoisotopic (exact) mass is 386 g/mol. The Bertz CT molecular complexity index is 893. The minimum Gasteiger partial charge on any atom is -0.367 e. The second-order valence-corrected chi connectivity index (χ2v) is 9.05. The van der Waals surface area contributed by atoms with Crippen LogP contribution in [-0.4, -0.2) is 17.3 Å². The molecule has 2 aromatic rings. The van der Waals surface area contributed by atoms with Crippen LogP contribution in [0.1, 0.15) is 55.1 Å². The molecule has 0 bridgehead atoms. The Morgan fingerprint density at radius 2 is 1.79 bits per heavy atom. The molecule has 150 valence electrons. The number of fused-ring (bicyclic) bond motifs is 1. The summed E-state index contributed by atoms with van der Waals surface area (Å²) < 4.78 is 26.9. The van der Waals surface area contributed by atoms with E-state index in [1.165, 1.54) is 6.07 Å². The van der Waals surface area contributed by atoms with Gasteiger partial charge in [0.05, 0.1) is 5.69 Å². The van der Waals surface area contributed by atoms with Crippen molar-refractivity contribution < 1.29 is 13.6 Å². The van der Waals surface area contributed by atoms with E-state index in [2.05, 4.69) is 42.8 Å². The SMILES string of the molecule is Cc1cc(N2CCc3nc(F)c(F)cc3C2)cc(C)c1CC(=O)CC(C)(C)C. The van der Waals surface area contributed by atoms with Gasteiger partial charge in [-0.05, 0) is 59.7 Å². The lowest BCUT2D eigenvalue weighted by molar-refractivity contribution is -0.120. The molecule has 1 aromatic heterocycles. The van der Waals surface area contributed by atoms with Crippen LogP contribution in [0.2, 0.25) is 0 Å². The fourth-order valence-electron chi connectivity index (χ4n) is 3.92. The predicted molar refractivity (Wildman–Crippen MR) is 108 cm³/mol. The van der Waals surface area contributed by atoms with Gasteiger partial charge < -0.3 is 4.90 Å². The van der Waals surface area contributed by atoms with E-state index < -0.39 is 11.8 Å². The van der Waals surface area contributed by atoms with Crippen LogP contribution >= 0.6 is 0 Å². The molecule has 1 aromatic carbocycles. The maximum atomic E-state index is 13.6. The van der Waals surface area contributed by atoms with E-state index in [0.717, 1.165) is 27.9 Å². The fraction of sp³-hybridized carbons (Fsp3) is 0.478. The van der Waals surface area contributed by atoms with E-state index in [9.17, 15) is 13.6 Å². The van der Waals surface area contributed by atoms with Crippen molar-refractivity contribution >= 4 is 11.5 Å². The Morgan fingerprint density at radius 3 is 2.39 bits per heavy atom. The molecular weight excluding hydrogens is 358 g/mol. The quantitative estimate of drug-likeness (QED) is 0.687. The van der Waals surface area contributed by atoms with Crippen LogP contribution in [0, 0.1) is 31.0 Å². The predicted octanol–water partition coefficient (Wildman–Crippen LogP) is 5.09. The van der Waals surface area contributed by atoms with Gasteiger partial charge >= 0.3 is 0 Å². The zero-order valence-corrected chi connectivity index (χ0v) is 17.3. The Hall–Kier alpha value is -2.30. The number of benzene rings is 1. The molecule has 0 spiro atoms. The smallest absolute Gasteiger partial charge is 0.249 e. The van der Waals surface area contributed by atoms with Crippen LogP contribution in [0.15, 0.2) is 18.2 Å². The first-order valence-corrected chi connectivity index (χ1v) is 9.74. The number of Topliss-reactive ketones (excluding diaryl/α,β-unsaturated/α-hetero) is 1. The number of rotatable bonds is 4. The lowest BCUT2D eigenvalue weighted by Gasteiger charge is -2.31. The fourth-order valence-corrected chi connectivity index (χ4v) is 3.92. The Morgan fingerprint density at radius 1 is 1.14 bits per heavy atom. The number of pyridine rings is 1. The molecule has 5 heteroatoms. The standard InChI is InChI=1S/C23H28F2N2O/c1-14-8-17(9-15(2)19(14)11-18(28)12-23(3,4)5)27-7-6-21-16(13-27)10-20(24)22(25)26-21/h8-10H,6-7,11-13H2,1-5H3. The number of ketones is 1. The summed E-state index contributed by atoms with van der Waals surface area (Å²) in [7, 11) is 0. The molecule has 0 N–H and O–H groups in total. The number of hydrogen-bond donors (Lipinski definition) is 0. The highest BCUT2D eigenvalue weighted by Gasteiger charge is 2.22. The minimum atomic E-state index is -1.02. The second-order valence-electron chi connectivity index (χ2n) is 9.05. The van der Waals surface area contributed by atoms with Gasteiger partial charge in [-0.2, -0.15) is 4.39 Å². The van der Waals surface area contributed by atoms with Gasteiger partial charge in [-0.3, -0.25) is 4.79 Å². The third-order valence-electron chi connectivity index (χ3n) is 5.23. The van der Waals surface area contributed by atoms with Crippen molar-refractivity contribution in [1.82, 2.24) is 4.98 Å². The van der Waals surface area contributed by atoms with Gasteiger partial charge in [0.2, 0.25) is 5.95 Å². The van der Waals surface area contributed by atoms with Crippen molar-refractivity contribution in [2.45, 2.75) is 60.4 Å². The van der Waals surface area contributed by atoms with Crippen LogP contribution in [0.4, 0.5) is 14.5 Å². The van der Waals surface area contributed by atoms with Gasteiger partial charge in [0, 0.05) is 38.0 Å². The summed E-state index contributed by atoms with van der Waals surface area (Å²) in [5.74, 6) is -1.68. The number of aryl methyl sites for hydroxylation is 2. The zero-order valence-electron chi connectivity index (χ0n) is 17.3. The molecule has 0 radical (unpaired) electrons. The highest BCUT2D eigenvalue weighted by atomic mass is 19.2. The summed E-state index contributed by atoms with van der Waals surface area (Å²) >= 11 is 0. The number of aromatic nitrogens is 1. The third kappa shape index (κ3) is 4.57. The molecule has 0 fully saturated rings. The summed E-state index contributed by atoms with van der Waals surface area (Å²) in [5, 5.41) is 0. The summed E-state index contributed by atoms with van der Waals surface area (Å²) in [5.41, 5.74) is 5.65. The van der Waals surface area contributed by atoms with Gasteiger partial charge in [-0.1, -0.05) is 20.8 Å². The first kappa shape index (κ1) is 20.4. The van der Waals surface area contributed by atoms with Crippen molar-refractivity contribution in [1.29, 1.82) is 0 Å². The molecule has 28 heavy (non-hydrogen) atoms. The largest absolute Gasteiger partial charge is 0.367 e. The summed E-state index contributed by atoms with van der Waals surface area (Å²) in [6.45, 7) is 11.5. The molecule has 0 saturated heterocycles. The zero-order chi connectivity index (χ0) is 20.6. The van der Waals surface area contributed by atoms with Gasteiger partial charge in [0.1, 0.15) is 5.78 Å². The lowest BCUT2D eigenvalue weighted by Crippen LogP contribution is -2.31. The minimum absolute atomic E-state index is 0.0111. The third-order valence-corrected chi connectivity index (χ3v) is 5.23. The van der Waals surface area contributed by atoms with Crippen molar-refractivity contribution in [2.75, 3.05) is 11.4 Å². The maximum absolute atomic E-state index is 13.6. The molecule has 0 aliphatic carbocycles. The van der Waals surface area contributed by atoms with E-state index >= 15 is 0 Å².